The van der Waals surface area contributed by atoms with Gasteiger partial charge >= 0.3 is 43.0 Å². The van der Waals surface area contributed by atoms with Crippen molar-refractivity contribution in [3.05, 3.63) is 11.9 Å². The van der Waals surface area contributed by atoms with E-state index in [1.54, 1.807) is 0 Å². The number of carbonyl (C=O) groups is 2. The summed E-state index contributed by atoms with van der Waals surface area (Å²) in [6.45, 7) is 1.66. The van der Waals surface area contributed by atoms with Crippen molar-refractivity contribution < 1.29 is 62.2 Å². The Morgan fingerprint density at radius 1 is 1.07 bits per heavy atom. The molecule has 0 aromatic heterocycles. The average molecular weight is 490 g/mol. The van der Waals surface area contributed by atoms with Crippen LogP contribution in [0.1, 0.15) is 13.8 Å². The van der Waals surface area contributed by atoms with Gasteiger partial charge in [0.1, 0.15) is 6.04 Å². The minimum absolute atomic E-state index is 0.289. The fourth-order valence-electron chi connectivity index (χ4n) is 2.78. The van der Waals surface area contributed by atoms with Gasteiger partial charge in [-0.1, -0.05) is 0 Å². The summed E-state index contributed by atoms with van der Waals surface area (Å²) in [5.41, 5.74) is -16.1. The zero-order valence-corrected chi connectivity index (χ0v) is 16.6. The molecule has 18 heteroatoms. The molecule has 2 atom stereocenters. The normalized spacial score (nSPS) is 24.8. The summed E-state index contributed by atoms with van der Waals surface area (Å²) in [6.07, 6.45) is -3.07. The topological polar surface area (TPSA) is 127 Å². The van der Waals surface area contributed by atoms with Gasteiger partial charge in [0, 0.05) is 6.20 Å². The lowest BCUT2D eigenvalue weighted by molar-refractivity contribution is -0.152. The first-order chi connectivity index (χ1) is 13.2. The molecular weight excluding hydrogens is 478 g/mol. The molecule has 2 aliphatic rings. The molecule has 2 rings (SSSR count). The van der Waals surface area contributed by atoms with Crippen molar-refractivity contribution in [2.75, 3.05) is 7.11 Å². The maximum atomic E-state index is 13.2. The number of ether oxygens (including phenoxy) is 2. The molecule has 0 N–H and O–H groups in total. The Hall–Kier alpha value is -2.24. The second kappa shape index (κ2) is 6.63. The zero-order chi connectivity index (χ0) is 23.7. The first-order valence-corrected chi connectivity index (χ1v) is 10.3. The molecule has 0 saturated carbocycles. The van der Waals surface area contributed by atoms with Gasteiger partial charge in [-0.3, -0.25) is 9.10 Å². The number of methoxy groups -OCH3 is 1. The predicted octanol–water partition coefficient (Wildman–Crippen LogP) is 0.595. The quantitative estimate of drug-likeness (QED) is 0.416. The van der Waals surface area contributed by atoms with E-state index in [-0.39, 0.29) is 6.20 Å². The molecule has 1 saturated heterocycles. The summed E-state index contributed by atoms with van der Waals surface area (Å²) in [7, 11) is -12.4. The Morgan fingerprint density at radius 3 is 1.93 bits per heavy atom. The van der Waals surface area contributed by atoms with Crippen LogP contribution in [0.2, 0.25) is 0 Å². The third-order valence-electron chi connectivity index (χ3n) is 4.27. The molecule has 1 fully saturated rings. The number of rotatable bonds is 3. The monoisotopic (exact) mass is 490 g/mol. The number of hydrogen-bond donors (Lipinski definition) is 0. The fraction of sp³-hybridized carbons (Fsp3) is 0.667. The van der Waals surface area contributed by atoms with Gasteiger partial charge in [0.2, 0.25) is 6.23 Å². The number of esters is 2. The van der Waals surface area contributed by atoms with Crippen LogP contribution >= 0.6 is 0 Å². The molecule has 2 aliphatic heterocycles. The van der Waals surface area contributed by atoms with E-state index < -0.39 is 75.0 Å². The van der Waals surface area contributed by atoms with Crippen molar-refractivity contribution in [2.45, 2.75) is 37.1 Å². The minimum atomic E-state index is -6.55. The largest absolute Gasteiger partial charge is 0.516 e. The number of halogens is 6. The summed E-state index contributed by atoms with van der Waals surface area (Å²) < 4.78 is 134. The first-order valence-electron chi connectivity index (χ1n) is 7.44. The molecule has 0 aromatic carbocycles. The highest BCUT2D eigenvalue weighted by Gasteiger charge is 2.68. The van der Waals surface area contributed by atoms with Gasteiger partial charge in [0.25, 0.3) is 0 Å². The Balaban J connectivity index is 2.94. The van der Waals surface area contributed by atoms with Gasteiger partial charge in [-0.2, -0.15) is 43.2 Å². The maximum Gasteiger partial charge on any atom is 0.516 e. The van der Waals surface area contributed by atoms with Crippen LogP contribution in [0.15, 0.2) is 11.9 Å². The lowest BCUT2D eigenvalue weighted by atomic mass is 9.85. The van der Waals surface area contributed by atoms with Crippen molar-refractivity contribution >= 4 is 32.0 Å². The van der Waals surface area contributed by atoms with Gasteiger partial charge < -0.3 is 9.47 Å². The standard InChI is InChI=1S/C12H12F6N2O8S2/c1-10(2)6-7(28-9(10)22)20(30(25,26)12(16,17)18)5(8(21)27-3)4-19(6)29(23,24)11(13,14)15/h4,6-7H,1-3H3. The highest BCUT2D eigenvalue weighted by atomic mass is 32.2. The molecule has 0 aliphatic carbocycles. The van der Waals surface area contributed by atoms with E-state index in [1.807, 2.05) is 0 Å². The minimum Gasteiger partial charge on any atom is -0.464 e. The third kappa shape index (κ3) is 3.25. The molecule has 0 aromatic rings. The summed E-state index contributed by atoms with van der Waals surface area (Å²) in [6, 6.07) is -2.44. The van der Waals surface area contributed by atoms with Crippen molar-refractivity contribution in [2.24, 2.45) is 5.41 Å². The number of fused-ring (bicyclic) bond motifs is 1. The number of nitrogens with zero attached hydrogens (tertiary/aromatic N) is 2. The van der Waals surface area contributed by atoms with Crippen LogP contribution < -0.4 is 0 Å². The number of alkyl halides is 6. The van der Waals surface area contributed by atoms with Crippen LogP contribution in [-0.2, 0) is 39.1 Å². The lowest BCUT2D eigenvalue weighted by Crippen LogP contribution is -2.62. The predicted molar refractivity (Wildman–Crippen MR) is 81.2 cm³/mol. The molecule has 10 nitrogen and oxygen atoms in total. The first kappa shape index (κ1) is 24.0. The van der Waals surface area contributed by atoms with E-state index >= 15 is 0 Å². The van der Waals surface area contributed by atoms with E-state index in [1.165, 1.54) is 0 Å². The van der Waals surface area contributed by atoms with Crippen molar-refractivity contribution in [1.29, 1.82) is 0 Å². The van der Waals surface area contributed by atoms with Crippen LogP contribution in [0.4, 0.5) is 26.3 Å². The van der Waals surface area contributed by atoms with Gasteiger partial charge in [0.15, 0.2) is 5.70 Å². The molecule has 0 radical (unpaired) electrons. The highest BCUT2D eigenvalue weighted by molar-refractivity contribution is 7.90. The molecule has 2 unspecified atom stereocenters. The van der Waals surface area contributed by atoms with E-state index in [0.29, 0.717) is 7.11 Å². The Morgan fingerprint density at radius 2 is 1.53 bits per heavy atom. The molecule has 0 bridgehead atoms. The van der Waals surface area contributed by atoms with Crippen molar-refractivity contribution in [1.82, 2.24) is 8.61 Å². The molecule has 0 spiro atoms. The van der Waals surface area contributed by atoms with Gasteiger partial charge in [-0.05, 0) is 13.8 Å². The van der Waals surface area contributed by atoms with Crippen LogP contribution in [0.5, 0.6) is 0 Å². The fourth-order valence-corrected chi connectivity index (χ4v) is 4.96. The van der Waals surface area contributed by atoms with Crippen LogP contribution in [0.3, 0.4) is 0 Å². The molecule has 0 amide bonds. The molecule has 2 heterocycles. The van der Waals surface area contributed by atoms with E-state index in [4.69, 9.17) is 0 Å². The summed E-state index contributed by atoms with van der Waals surface area (Å²) in [5.74, 6) is -3.45. The smallest absolute Gasteiger partial charge is 0.464 e. The van der Waals surface area contributed by atoms with Crippen LogP contribution in [0, 0.1) is 5.41 Å². The summed E-state index contributed by atoms with van der Waals surface area (Å²) in [4.78, 5) is 24.0. The van der Waals surface area contributed by atoms with Gasteiger partial charge in [-0.25, -0.2) is 9.10 Å². The second-order valence-electron chi connectivity index (χ2n) is 6.50. The van der Waals surface area contributed by atoms with Gasteiger partial charge in [-0.15, -0.1) is 0 Å². The van der Waals surface area contributed by atoms with Crippen LogP contribution in [-0.4, -0.2) is 67.8 Å². The van der Waals surface area contributed by atoms with Crippen molar-refractivity contribution in [3.63, 3.8) is 0 Å². The molecule has 172 valence electrons. The van der Waals surface area contributed by atoms with Gasteiger partial charge in [0.05, 0.1) is 12.5 Å². The SMILES string of the molecule is COC(=O)C1=CN(S(=O)(=O)C(F)(F)F)C2C(OC(=O)C2(C)C)N1S(=O)(=O)C(F)(F)F. The Bertz CT molecular complexity index is 1010. The van der Waals surface area contributed by atoms with Crippen LogP contribution in [0.25, 0.3) is 0 Å². The Labute approximate surface area is 165 Å². The maximum absolute atomic E-state index is 13.2. The van der Waals surface area contributed by atoms with E-state index in [9.17, 15) is 52.8 Å². The van der Waals surface area contributed by atoms with E-state index in [0.717, 1.165) is 13.8 Å². The third-order valence-corrected chi connectivity index (χ3v) is 7.25. The lowest BCUT2D eigenvalue weighted by Gasteiger charge is -2.43. The number of sulfonamides is 2. The Kier molecular flexibility index (Phi) is 5.31. The molecule has 30 heavy (non-hydrogen) atoms. The molecular formula is C12H12F6N2O8S2. The second-order valence-corrected chi connectivity index (χ2v) is 10.1. The highest BCUT2D eigenvalue weighted by Crippen LogP contribution is 2.48. The average Bonchev–Trinajstić information content (AvgIpc) is 2.80. The summed E-state index contributed by atoms with van der Waals surface area (Å²) in [5, 5.41) is 0. The number of hydrogen-bond acceptors (Lipinski definition) is 8. The summed E-state index contributed by atoms with van der Waals surface area (Å²) >= 11 is 0. The van der Waals surface area contributed by atoms with E-state index in [2.05, 4.69) is 9.47 Å². The zero-order valence-electron chi connectivity index (χ0n) is 15.0. The van der Waals surface area contributed by atoms with Crippen molar-refractivity contribution in [3.8, 4) is 0 Å². The number of carbonyl (C=O) groups excluding carboxylic acids is 2.